The molecular weight excluding hydrogens is 262 g/mol. The topological polar surface area (TPSA) is 15.8 Å². The summed E-state index contributed by atoms with van der Waals surface area (Å²) in [5.41, 5.74) is 4.30. The third-order valence-corrected chi connectivity index (χ3v) is 5.81. The lowest BCUT2D eigenvalue weighted by molar-refractivity contribution is 0.500. The molecule has 2 bridgehead atoms. The van der Waals surface area contributed by atoms with E-state index in [0.717, 1.165) is 0 Å². The molecule has 0 aliphatic heterocycles. The van der Waals surface area contributed by atoms with Crippen LogP contribution < -0.4 is 0 Å². The number of aromatic amines is 1. The molecule has 0 amide bonds. The number of allylic oxidation sites excluding steroid dienone is 2. The van der Waals surface area contributed by atoms with Crippen LogP contribution in [0.5, 0.6) is 0 Å². The van der Waals surface area contributed by atoms with Crippen molar-refractivity contribution >= 4 is 22.2 Å². The lowest BCUT2D eigenvalue weighted by Gasteiger charge is -2.29. The number of fused-ring (bicyclic) bond motifs is 6. The van der Waals surface area contributed by atoms with E-state index in [2.05, 4.69) is 58.9 Å². The molecule has 0 spiro atoms. The van der Waals surface area contributed by atoms with Gasteiger partial charge in [-0.1, -0.05) is 36.4 Å². The van der Waals surface area contributed by atoms with E-state index in [1.807, 2.05) is 11.3 Å². The molecule has 3 atom stereocenters. The lowest BCUT2D eigenvalue weighted by Crippen LogP contribution is -2.17. The number of nitrogens with one attached hydrogen (secondary N) is 1. The minimum atomic E-state index is 0.538. The van der Waals surface area contributed by atoms with Gasteiger partial charge in [0.1, 0.15) is 0 Å². The zero-order valence-corrected chi connectivity index (χ0v) is 11.9. The molecule has 3 unspecified atom stereocenters. The van der Waals surface area contributed by atoms with E-state index in [1.54, 1.807) is 5.56 Å². The summed E-state index contributed by atoms with van der Waals surface area (Å²) in [4.78, 5) is 5.19. The van der Waals surface area contributed by atoms with Gasteiger partial charge in [-0.25, -0.2) is 0 Å². The van der Waals surface area contributed by atoms with Crippen LogP contribution >= 0.6 is 11.3 Å². The predicted octanol–water partition coefficient (Wildman–Crippen LogP) is 5.03. The van der Waals surface area contributed by atoms with Crippen LogP contribution in [-0.2, 0) is 0 Å². The van der Waals surface area contributed by atoms with E-state index in [-0.39, 0.29) is 0 Å². The number of thiophene rings is 1. The summed E-state index contributed by atoms with van der Waals surface area (Å²) in [5.74, 6) is 1.81. The second-order valence-corrected chi connectivity index (χ2v) is 6.86. The highest BCUT2D eigenvalue weighted by Gasteiger charge is 2.39. The first-order valence-electron chi connectivity index (χ1n) is 7.24. The Bertz CT molecular complexity index is 809. The Morgan fingerprint density at radius 3 is 2.90 bits per heavy atom. The number of H-pyrrole nitrogens is 1. The third-order valence-electron chi connectivity index (χ3n) is 4.85. The maximum Gasteiger partial charge on any atom is 0.0459 e. The first-order valence-corrected chi connectivity index (χ1v) is 8.12. The van der Waals surface area contributed by atoms with E-state index in [4.69, 9.17) is 0 Å². The monoisotopic (exact) mass is 277 g/mol. The molecule has 1 aromatic carbocycles. The first-order chi connectivity index (χ1) is 9.92. The van der Waals surface area contributed by atoms with Crippen LogP contribution in [0.15, 0.2) is 53.9 Å². The van der Waals surface area contributed by atoms with E-state index in [9.17, 15) is 0 Å². The van der Waals surface area contributed by atoms with Crippen molar-refractivity contribution < 1.29 is 0 Å². The number of hydrogen-bond acceptors (Lipinski definition) is 1. The van der Waals surface area contributed by atoms with Crippen LogP contribution in [0.25, 0.3) is 10.9 Å². The molecule has 3 aromatic rings. The fourth-order valence-corrected chi connectivity index (χ4v) is 4.95. The van der Waals surface area contributed by atoms with Crippen molar-refractivity contribution in [2.24, 2.45) is 5.92 Å². The summed E-state index contributed by atoms with van der Waals surface area (Å²) in [6, 6.07) is 13.2. The van der Waals surface area contributed by atoms with Crippen molar-refractivity contribution in [3.05, 3.63) is 70.1 Å². The van der Waals surface area contributed by atoms with Crippen molar-refractivity contribution in [1.82, 2.24) is 4.98 Å². The first kappa shape index (κ1) is 10.9. The van der Waals surface area contributed by atoms with Crippen molar-refractivity contribution in [3.63, 3.8) is 0 Å². The van der Waals surface area contributed by atoms with Gasteiger partial charge in [0, 0.05) is 33.3 Å². The fraction of sp³-hybridized carbons (Fsp3) is 0.222. The SMILES string of the molecule is C1=CC2CC1c1[nH]c3ccccc3c1C2c1cccs1. The van der Waals surface area contributed by atoms with E-state index < -0.39 is 0 Å². The Hall–Kier alpha value is -1.80. The minimum absolute atomic E-state index is 0.538. The zero-order valence-electron chi connectivity index (χ0n) is 11.0. The van der Waals surface area contributed by atoms with Gasteiger partial charge in [-0.05, 0) is 35.4 Å². The van der Waals surface area contributed by atoms with Gasteiger partial charge in [-0.15, -0.1) is 11.3 Å². The summed E-state index contributed by atoms with van der Waals surface area (Å²) in [7, 11) is 0. The number of hydrogen-bond donors (Lipinski definition) is 1. The number of aromatic nitrogens is 1. The molecule has 2 heteroatoms. The maximum atomic E-state index is 3.69. The van der Waals surface area contributed by atoms with Gasteiger partial charge in [0.15, 0.2) is 0 Å². The maximum absolute atomic E-state index is 3.69. The summed E-state index contributed by atoms with van der Waals surface area (Å²) >= 11 is 1.89. The molecular formula is C18H15NS. The Morgan fingerprint density at radius 1 is 1.05 bits per heavy atom. The van der Waals surface area contributed by atoms with Crippen LogP contribution in [0.3, 0.4) is 0 Å². The molecule has 1 nitrogen and oxygen atoms in total. The molecule has 5 rings (SSSR count). The Balaban J connectivity index is 1.85. The highest BCUT2D eigenvalue weighted by molar-refractivity contribution is 7.10. The van der Waals surface area contributed by atoms with Crippen molar-refractivity contribution in [2.75, 3.05) is 0 Å². The van der Waals surface area contributed by atoms with Crippen LogP contribution in [0.2, 0.25) is 0 Å². The third kappa shape index (κ3) is 1.32. The molecule has 2 aromatic heterocycles. The summed E-state index contributed by atoms with van der Waals surface area (Å²) in [5, 5.41) is 3.62. The van der Waals surface area contributed by atoms with Gasteiger partial charge in [-0.3, -0.25) is 0 Å². The van der Waals surface area contributed by atoms with E-state index in [0.29, 0.717) is 17.8 Å². The average Bonchev–Trinajstić information content (AvgIpc) is 3.20. The standard InChI is InChI=1S/C18H15NS/c1-2-5-14-13(4-1)17-16(15-6-3-9-20-15)11-7-8-12(10-11)18(17)19-14/h1-9,11-12,16,19H,10H2. The van der Waals surface area contributed by atoms with Crippen molar-refractivity contribution in [1.29, 1.82) is 0 Å². The van der Waals surface area contributed by atoms with Gasteiger partial charge in [0.05, 0.1) is 0 Å². The molecule has 2 heterocycles. The minimum Gasteiger partial charge on any atom is -0.358 e. The number of para-hydroxylation sites is 1. The quantitative estimate of drug-likeness (QED) is 0.600. The molecule has 2 aliphatic rings. The molecule has 20 heavy (non-hydrogen) atoms. The predicted molar refractivity (Wildman–Crippen MR) is 84.4 cm³/mol. The molecule has 98 valence electrons. The Morgan fingerprint density at radius 2 is 2.00 bits per heavy atom. The van der Waals surface area contributed by atoms with Crippen LogP contribution in [0.4, 0.5) is 0 Å². The lowest BCUT2D eigenvalue weighted by atomic mass is 9.76. The summed E-state index contributed by atoms with van der Waals surface area (Å²) < 4.78 is 0. The highest BCUT2D eigenvalue weighted by atomic mass is 32.1. The summed E-state index contributed by atoms with van der Waals surface area (Å²) in [6.07, 6.45) is 6.12. The van der Waals surface area contributed by atoms with E-state index in [1.165, 1.54) is 27.9 Å². The largest absolute Gasteiger partial charge is 0.358 e. The van der Waals surface area contributed by atoms with Gasteiger partial charge >= 0.3 is 0 Å². The second-order valence-electron chi connectivity index (χ2n) is 5.88. The average molecular weight is 277 g/mol. The van der Waals surface area contributed by atoms with Crippen molar-refractivity contribution in [3.8, 4) is 0 Å². The fourth-order valence-electron chi connectivity index (χ4n) is 4.04. The zero-order chi connectivity index (χ0) is 13.1. The highest BCUT2D eigenvalue weighted by Crippen LogP contribution is 2.53. The number of rotatable bonds is 1. The molecule has 0 fully saturated rings. The Kier molecular flexibility index (Phi) is 2.11. The Labute approximate surface area is 122 Å². The second kappa shape index (κ2) is 3.86. The molecule has 0 radical (unpaired) electrons. The van der Waals surface area contributed by atoms with Gasteiger partial charge in [0.2, 0.25) is 0 Å². The molecule has 0 saturated heterocycles. The molecule has 0 saturated carbocycles. The van der Waals surface area contributed by atoms with Crippen LogP contribution in [0, 0.1) is 5.92 Å². The molecule has 1 N–H and O–H groups in total. The smallest absolute Gasteiger partial charge is 0.0459 e. The van der Waals surface area contributed by atoms with Gasteiger partial charge in [-0.2, -0.15) is 0 Å². The van der Waals surface area contributed by atoms with E-state index >= 15 is 0 Å². The van der Waals surface area contributed by atoms with Gasteiger partial charge in [0.25, 0.3) is 0 Å². The number of benzene rings is 1. The van der Waals surface area contributed by atoms with Crippen molar-refractivity contribution in [2.45, 2.75) is 18.3 Å². The molecule has 2 aliphatic carbocycles. The normalized spacial score (nSPS) is 27.1. The van der Waals surface area contributed by atoms with Gasteiger partial charge < -0.3 is 4.98 Å². The summed E-state index contributed by atoms with van der Waals surface area (Å²) in [6.45, 7) is 0. The van der Waals surface area contributed by atoms with Crippen LogP contribution in [-0.4, -0.2) is 4.98 Å². The van der Waals surface area contributed by atoms with Crippen LogP contribution in [0.1, 0.15) is 34.4 Å².